The number of hydrogen-bond acceptors (Lipinski definition) is 3. The lowest BCUT2D eigenvalue weighted by molar-refractivity contribution is 0.0903. The zero-order valence-corrected chi connectivity index (χ0v) is 13.7. The Morgan fingerprint density at radius 3 is 2.86 bits per heavy atom. The molecule has 1 aliphatic carbocycles. The highest BCUT2D eigenvalue weighted by molar-refractivity contribution is 9.10. The van der Waals surface area contributed by atoms with Gasteiger partial charge in [0.15, 0.2) is 10.4 Å². The van der Waals surface area contributed by atoms with Crippen LogP contribution in [0.3, 0.4) is 0 Å². The molecule has 1 amide bonds. The zero-order valence-electron chi connectivity index (χ0n) is 11.3. The summed E-state index contributed by atoms with van der Waals surface area (Å²) in [7, 11) is 0. The highest BCUT2D eigenvalue weighted by Crippen LogP contribution is 2.31. The van der Waals surface area contributed by atoms with Crippen LogP contribution >= 0.6 is 28.3 Å². The van der Waals surface area contributed by atoms with E-state index in [0.717, 1.165) is 30.5 Å². The number of halogens is 2. The van der Waals surface area contributed by atoms with Crippen molar-refractivity contribution >= 4 is 39.9 Å². The van der Waals surface area contributed by atoms with Crippen molar-refractivity contribution in [1.82, 2.24) is 5.32 Å². The SMILES string of the molecule is Cl.Nc1ccc2c(c1)CCCC2NC(=O)c1ccc(Br)o1. The number of benzene rings is 1. The van der Waals surface area contributed by atoms with Crippen LogP contribution < -0.4 is 11.1 Å². The Morgan fingerprint density at radius 2 is 2.14 bits per heavy atom. The number of amides is 1. The van der Waals surface area contributed by atoms with E-state index in [1.807, 2.05) is 18.2 Å². The molecule has 0 spiro atoms. The van der Waals surface area contributed by atoms with Crippen molar-refractivity contribution in [2.45, 2.75) is 25.3 Å². The predicted molar refractivity (Wildman–Crippen MR) is 87.7 cm³/mol. The van der Waals surface area contributed by atoms with Crippen LogP contribution in [0, 0.1) is 0 Å². The average molecular weight is 372 g/mol. The molecule has 0 aliphatic heterocycles. The number of hydrogen-bond donors (Lipinski definition) is 2. The molecule has 0 bridgehead atoms. The molecule has 0 saturated heterocycles. The topological polar surface area (TPSA) is 68.3 Å². The standard InChI is InChI=1S/C15H15BrN2O2.ClH/c16-14-7-6-13(20-14)15(19)18-12-3-1-2-9-8-10(17)4-5-11(9)12;/h4-8,12H,1-3,17H2,(H,18,19);1H. The van der Waals surface area contributed by atoms with E-state index in [0.29, 0.717) is 10.4 Å². The minimum Gasteiger partial charge on any atom is -0.444 e. The Balaban J connectivity index is 0.00000161. The summed E-state index contributed by atoms with van der Waals surface area (Å²) in [6, 6.07) is 9.28. The van der Waals surface area contributed by atoms with E-state index in [9.17, 15) is 4.79 Å². The monoisotopic (exact) mass is 370 g/mol. The molecule has 1 unspecified atom stereocenters. The van der Waals surface area contributed by atoms with Gasteiger partial charge in [0.1, 0.15) is 0 Å². The molecule has 1 heterocycles. The summed E-state index contributed by atoms with van der Waals surface area (Å²) >= 11 is 3.20. The van der Waals surface area contributed by atoms with E-state index >= 15 is 0 Å². The number of nitrogens with two attached hydrogens (primary N) is 1. The van der Waals surface area contributed by atoms with E-state index in [-0.39, 0.29) is 24.4 Å². The van der Waals surface area contributed by atoms with Gasteiger partial charge in [0.05, 0.1) is 6.04 Å². The number of nitrogen functional groups attached to an aromatic ring is 1. The highest BCUT2D eigenvalue weighted by Gasteiger charge is 2.23. The van der Waals surface area contributed by atoms with E-state index in [4.69, 9.17) is 10.2 Å². The first-order valence-electron chi connectivity index (χ1n) is 6.58. The lowest BCUT2D eigenvalue weighted by Crippen LogP contribution is -2.30. The minimum atomic E-state index is -0.189. The van der Waals surface area contributed by atoms with Crippen LogP contribution in [0.4, 0.5) is 5.69 Å². The smallest absolute Gasteiger partial charge is 0.287 e. The maximum absolute atomic E-state index is 12.2. The molecule has 3 rings (SSSR count). The van der Waals surface area contributed by atoms with Crippen LogP contribution in [-0.2, 0) is 6.42 Å². The van der Waals surface area contributed by atoms with Crippen molar-refractivity contribution < 1.29 is 9.21 Å². The van der Waals surface area contributed by atoms with E-state index in [1.165, 1.54) is 5.56 Å². The first-order valence-corrected chi connectivity index (χ1v) is 7.37. The van der Waals surface area contributed by atoms with Gasteiger partial charge < -0.3 is 15.5 Å². The van der Waals surface area contributed by atoms with Crippen molar-refractivity contribution in [2.75, 3.05) is 5.73 Å². The molecule has 1 aromatic carbocycles. The maximum Gasteiger partial charge on any atom is 0.287 e. The number of nitrogens with one attached hydrogen (secondary N) is 1. The Labute approximate surface area is 137 Å². The Bertz CT molecular complexity index is 657. The molecule has 21 heavy (non-hydrogen) atoms. The third kappa shape index (κ3) is 3.41. The number of carbonyl (C=O) groups excluding carboxylic acids is 1. The zero-order chi connectivity index (χ0) is 14.1. The summed E-state index contributed by atoms with van der Waals surface area (Å²) in [5.74, 6) is 0.129. The fourth-order valence-electron chi connectivity index (χ4n) is 2.65. The van der Waals surface area contributed by atoms with Gasteiger partial charge in [0.2, 0.25) is 0 Å². The quantitative estimate of drug-likeness (QED) is 0.788. The van der Waals surface area contributed by atoms with Gasteiger partial charge >= 0.3 is 0 Å². The third-order valence-corrected chi connectivity index (χ3v) is 4.01. The lowest BCUT2D eigenvalue weighted by atomic mass is 9.87. The molecule has 112 valence electrons. The Morgan fingerprint density at radius 1 is 1.33 bits per heavy atom. The highest BCUT2D eigenvalue weighted by atomic mass is 79.9. The van der Waals surface area contributed by atoms with Crippen molar-refractivity contribution in [3.8, 4) is 0 Å². The fourth-order valence-corrected chi connectivity index (χ4v) is 2.96. The molecular weight excluding hydrogens is 356 g/mol. The molecule has 1 aromatic heterocycles. The van der Waals surface area contributed by atoms with Gasteiger partial charge in [0.25, 0.3) is 5.91 Å². The minimum absolute atomic E-state index is 0. The third-order valence-electron chi connectivity index (χ3n) is 3.58. The summed E-state index contributed by atoms with van der Waals surface area (Å²) in [5, 5.41) is 3.03. The second-order valence-electron chi connectivity index (χ2n) is 4.98. The van der Waals surface area contributed by atoms with Crippen LogP contribution in [0.25, 0.3) is 0 Å². The van der Waals surface area contributed by atoms with E-state index in [1.54, 1.807) is 12.1 Å². The summed E-state index contributed by atoms with van der Waals surface area (Å²) < 4.78 is 5.83. The largest absolute Gasteiger partial charge is 0.444 e. The molecule has 3 N–H and O–H groups in total. The second kappa shape index (κ2) is 6.54. The van der Waals surface area contributed by atoms with Gasteiger partial charge in [-0.3, -0.25) is 4.79 Å². The second-order valence-corrected chi connectivity index (χ2v) is 5.76. The molecule has 0 fully saturated rings. The van der Waals surface area contributed by atoms with Crippen LogP contribution in [0.2, 0.25) is 0 Å². The summed E-state index contributed by atoms with van der Waals surface area (Å²) in [6.07, 6.45) is 2.99. The number of anilines is 1. The molecule has 1 atom stereocenters. The Kier molecular flexibility index (Phi) is 4.96. The molecule has 1 aliphatic rings. The number of aryl methyl sites for hydroxylation is 1. The van der Waals surface area contributed by atoms with Crippen LogP contribution in [0.5, 0.6) is 0 Å². The molecule has 0 radical (unpaired) electrons. The van der Waals surface area contributed by atoms with Gasteiger partial charge in [-0.1, -0.05) is 6.07 Å². The number of furan rings is 1. The van der Waals surface area contributed by atoms with Gasteiger partial charge in [-0.15, -0.1) is 12.4 Å². The first-order chi connectivity index (χ1) is 9.63. The van der Waals surface area contributed by atoms with Crippen molar-refractivity contribution in [3.05, 3.63) is 51.9 Å². The van der Waals surface area contributed by atoms with Gasteiger partial charge in [-0.25, -0.2) is 0 Å². The lowest BCUT2D eigenvalue weighted by Gasteiger charge is -2.26. The van der Waals surface area contributed by atoms with Gasteiger partial charge in [-0.05, 0) is 70.6 Å². The normalized spacial score (nSPS) is 16.7. The van der Waals surface area contributed by atoms with Gasteiger partial charge in [0, 0.05) is 5.69 Å². The Hall–Kier alpha value is -1.46. The fraction of sp³-hybridized carbons (Fsp3) is 0.267. The molecule has 2 aromatic rings. The number of rotatable bonds is 2. The first kappa shape index (κ1) is 15.9. The van der Waals surface area contributed by atoms with Crippen molar-refractivity contribution in [2.24, 2.45) is 0 Å². The van der Waals surface area contributed by atoms with Crippen LogP contribution in [0.1, 0.15) is 40.6 Å². The van der Waals surface area contributed by atoms with Crippen molar-refractivity contribution in [1.29, 1.82) is 0 Å². The average Bonchev–Trinajstić information content (AvgIpc) is 2.85. The van der Waals surface area contributed by atoms with Crippen LogP contribution in [-0.4, -0.2) is 5.91 Å². The molecule has 0 saturated carbocycles. The number of fused-ring (bicyclic) bond motifs is 1. The summed E-state index contributed by atoms with van der Waals surface area (Å²) in [4.78, 5) is 12.2. The van der Waals surface area contributed by atoms with E-state index < -0.39 is 0 Å². The molecule has 6 heteroatoms. The van der Waals surface area contributed by atoms with Gasteiger partial charge in [-0.2, -0.15) is 0 Å². The molecular formula is C15H16BrClN2O2. The van der Waals surface area contributed by atoms with E-state index in [2.05, 4.69) is 21.2 Å². The predicted octanol–water partition coefficient (Wildman–Crippen LogP) is 3.85. The summed E-state index contributed by atoms with van der Waals surface area (Å²) in [5.41, 5.74) is 8.97. The number of carbonyl (C=O) groups is 1. The summed E-state index contributed by atoms with van der Waals surface area (Å²) in [6.45, 7) is 0. The maximum atomic E-state index is 12.2. The van der Waals surface area contributed by atoms with Crippen LogP contribution in [0.15, 0.2) is 39.4 Å². The van der Waals surface area contributed by atoms with Crippen molar-refractivity contribution in [3.63, 3.8) is 0 Å². The molecule has 4 nitrogen and oxygen atoms in total.